The van der Waals surface area contributed by atoms with Gasteiger partial charge in [0.15, 0.2) is 0 Å². The van der Waals surface area contributed by atoms with Gasteiger partial charge in [0.2, 0.25) is 0 Å². The normalized spacial score (nSPS) is 12.9. The molecule has 0 saturated heterocycles. The topological polar surface area (TPSA) is 3.24 Å². The average molecular weight is 738 g/mol. The third kappa shape index (κ3) is 5.43. The van der Waals surface area contributed by atoms with Crippen molar-refractivity contribution < 1.29 is 0 Å². The second kappa shape index (κ2) is 13.2. The van der Waals surface area contributed by atoms with Gasteiger partial charge in [-0.25, -0.2) is 0 Å². The standard InChI is InChI=1S/C54H43NS/c1-34-14-6-7-15-41(34)42-18-12-19-43(35(42)2)44-20-13-22-51(36(44)3)55(40-29-30-50-47(33-40)45-16-8-10-21-49(45)54(50,4)5)39-27-24-37(25-28-39)38-26-31-53-48(32-38)46-17-9-11-23-52(46)56-53/h6-33H,1-5H3. The first-order chi connectivity index (χ1) is 27.3. The number of anilines is 3. The molecule has 0 atom stereocenters. The van der Waals surface area contributed by atoms with Crippen LogP contribution in [-0.4, -0.2) is 0 Å². The van der Waals surface area contributed by atoms with Crippen molar-refractivity contribution in [2.75, 3.05) is 4.90 Å². The summed E-state index contributed by atoms with van der Waals surface area (Å²) in [5.41, 5.74) is 20.2. The van der Waals surface area contributed by atoms with Crippen LogP contribution in [0.3, 0.4) is 0 Å². The minimum atomic E-state index is -0.0543. The molecule has 0 N–H and O–H groups in total. The van der Waals surface area contributed by atoms with Crippen molar-refractivity contribution in [2.45, 2.75) is 40.0 Å². The fourth-order valence-corrected chi connectivity index (χ4v) is 10.3. The molecule has 1 aliphatic rings. The molecule has 0 saturated carbocycles. The molecule has 10 rings (SSSR count). The quantitative estimate of drug-likeness (QED) is 0.164. The van der Waals surface area contributed by atoms with E-state index in [1.54, 1.807) is 0 Å². The molecule has 270 valence electrons. The van der Waals surface area contributed by atoms with E-state index >= 15 is 0 Å². The van der Waals surface area contributed by atoms with Crippen molar-refractivity contribution in [3.05, 3.63) is 198 Å². The number of rotatable bonds is 6. The molecule has 0 amide bonds. The minimum Gasteiger partial charge on any atom is -0.310 e. The molecule has 1 aromatic heterocycles. The van der Waals surface area contributed by atoms with Crippen molar-refractivity contribution in [2.24, 2.45) is 0 Å². The summed E-state index contributed by atoms with van der Waals surface area (Å²) in [6.07, 6.45) is 0. The van der Waals surface area contributed by atoms with Gasteiger partial charge in [-0.1, -0.05) is 135 Å². The van der Waals surface area contributed by atoms with Crippen LogP contribution in [0.25, 0.3) is 64.7 Å². The summed E-state index contributed by atoms with van der Waals surface area (Å²) in [6.45, 7) is 11.5. The molecule has 1 nitrogen and oxygen atoms in total. The molecule has 0 unspecified atom stereocenters. The number of thiophene rings is 1. The van der Waals surface area contributed by atoms with Crippen LogP contribution in [0.2, 0.25) is 0 Å². The number of hydrogen-bond donors (Lipinski definition) is 0. The Morgan fingerprint density at radius 1 is 0.411 bits per heavy atom. The maximum absolute atomic E-state index is 2.47. The molecular weight excluding hydrogens is 695 g/mol. The zero-order valence-corrected chi connectivity index (χ0v) is 33.3. The molecule has 1 heterocycles. The van der Waals surface area contributed by atoms with Gasteiger partial charge in [0.25, 0.3) is 0 Å². The highest BCUT2D eigenvalue weighted by Crippen LogP contribution is 2.51. The van der Waals surface area contributed by atoms with E-state index in [9.17, 15) is 0 Å². The molecule has 0 spiro atoms. The van der Waals surface area contributed by atoms with Crippen LogP contribution in [0.1, 0.15) is 41.7 Å². The van der Waals surface area contributed by atoms with Gasteiger partial charge in [0.05, 0.1) is 0 Å². The van der Waals surface area contributed by atoms with Gasteiger partial charge in [-0.3, -0.25) is 0 Å². The van der Waals surface area contributed by atoms with Crippen LogP contribution in [0, 0.1) is 20.8 Å². The SMILES string of the molecule is Cc1ccccc1-c1cccc(-c2cccc(N(c3ccc(-c4ccc5sc6ccccc6c5c4)cc3)c3ccc4c(c3)-c3ccccc3C4(C)C)c2C)c1C. The first-order valence-electron chi connectivity index (χ1n) is 19.6. The van der Waals surface area contributed by atoms with Crippen molar-refractivity contribution in [1.29, 1.82) is 0 Å². The summed E-state index contributed by atoms with van der Waals surface area (Å²) in [6, 6.07) is 63.1. The highest BCUT2D eigenvalue weighted by Gasteiger charge is 2.35. The number of hydrogen-bond acceptors (Lipinski definition) is 2. The third-order valence-corrected chi connectivity index (χ3v) is 13.4. The molecule has 9 aromatic rings. The van der Waals surface area contributed by atoms with Gasteiger partial charge in [-0.15, -0.1) is 11.3 Å². The monoisotopic (exact) mass is 737 g/mol. The van der Waals surface area contributed by atoms with Crippen LogP contribution < -0.4 is 4.90 Å². The lowest BCUT2D eigenvalue weighted by Crippen LogP contribution is -2.15. The molecule has 0 aliphatic heterocycles. The lowest BCUT2D eigenvalue weighted by Gasteiger charge is -2.29. The number of aryl methyl sites for hydroxylation is 1. The molecule has 0 radical (unpaired) electrons. The zero-order valence-electron chi connectivity index (χ0n) is 32.5. The summed E-state index contributed by atoms with van der Waals surface area (Å²) >= 11 is 1.87. The van der Waals surface area contributed by atoms with Crippen molar-refractivity contribution >= 4 is 48.6 Å². The van der Waals surface area contributed by atoms with Gasteiger partial charge in [0.1, 0.15) is 0 Å². The Morgan fingerprint density at radius 3 is 1.80 bits per heavy atom. The third-order valence-electron chi connectivity index (χ3n) is 12.3. The van der Waals surface area contributed by atoms with E-state index in [1.165, 1.54) is 98.2 Å². The highest BCUT2D eigenvalue weighted by molar-refractivity contribution is 7.25. The first kappa shape index (κ1) is 34.3. The Morgan fingerprint density at radius 2 is 1.00 bits per heavy atom. The van der Waals surface area contributed by atoms with Crippen LogP contribution in [0.4, 0.5) is 17.1 Å². The largest absolute Gasteiger partial charge is 0.310 e. The number of nitrogens with zero attached hydrogens (tertiary/aromatic N) is 1. The van der Waals surface area contributed by atoms with Crippen LogP contribution in [-0.2, 0) is 5.41 Å². The molecule has 56 heavy (non-hydrogen) atoms. The molecule has 0 bridgehead atoms. The smallest absolute Gasteiger partial charge is 0.0496 e. The summed E-state index contributed by atoms with van der Waals surface area (Å²) in [7, 11) is 0. The van der Waals surface area contributed by atoms with Crippen LogP contribution >= 0.6 is 11.3 Å². The summed E-state index contributed by atoms with van der Waals surface area (Å²) in [5.74, 6) is 0. The van der Waals surface area contributed by atoms with Gasteiger partial charge in [-0.05, 0) is 142 Å². The Hall–Kier alpha value is -6.22. The summed E-state index contributed by atoms with van der Waals surface area (Å²) < 4.78 is 2.66. The van der Waals surface area contributed by atoms with E-state index in [1.807, 2.05) is 11.3 Å². The lowest BCUT2D eigenvalue weighted by atomic mass is 9.82. The van der Waals surface area contributed by atoms with E-state index in [0.29, 0.717) is 0 Å². The van der Waals surface area contributed by atoms with Crippen molar-refractivity contribution in [1.82, 2.24) is 0 Å². The zero-order chi connectivity index (χ0) is 38.1. The Balaban J connectivity index is 1.12. The van der Waals surface area contributed by atoms with E-state index in [2.05, 4.69) is 209 Å². The van der Waals surface area contributed by atoms with Crippen LogP contribution in [0.5, 0.6) is 0 Å². The van der Waals surface area contributed by atoms with Gasteiger partial charge >= 0.3 is 0 Å². The Kier molecular flexibility index (Phi) is 8.09. The van der Waals surface area contributed by atoms with E-state index < -0.39 is 0 Å². The van der Waals surface area contributed by atoms with Gasteiger partial charge < -0.3 is 4.90 Å². The van der Waals surface area contributed by atoms with E-state index in [0.717, 1.165) is 11.4 Å². The van der Waals surface area contributed by atoms with Gasteiger partial charge in [0, 0.05) is 42.6 Å². The first-order valence-corrected chi connectivity index (χ1v) is 20.4. The summed E-state index contributed by atoms with van der Waals surface area (Å²) in [4.78, 5) is 2.47. The Bertz CT molecular complexity index is 2980. The Labute approximate surface area is 334 Å². The summed E-state index contributed by atoms with van der Waals surface area (Å²) in [5, 5.41) is 2.65. The molecule has 8 aromatic carbocycles. The molecular formula is C54H43NS. The molecule has 0 fully saturated rings. The fourth-order valence-electron chi connectivity index (χ4n) is 9.23. The molecule has 1 aliphatic carbocycles. The van der Waals surface area contributed by atoms with Gasteiger partial charge in [-0.2, -0.15) is 0 Å². The second-order valence-electron chi connectivity index (χ2n) is 15.8. The van der Waals surface area contributed by atoms with Crippen molar-refractivity contribution in [3.63, 3.8) is 0 Å². The maximum Gasteiger partial charge on any atom is 0.0496 e. The average Bonchev–Trinajstić information content (AvgIpc) is 3.71. The maximum atomic E-state index is 2.47. The highest BCUT2D eigenvalue weighted by atomic mass is 32.1. The van der Waals surface area contributed by atoms with Crippen molar-refractivity contribution in [3.8, 4) is 44.5 Å². The van der Waals surface area contributed by atoms with E-state index in [-0.39, 0.29) is 5.41 Å². The minimum absolute atomic E-state index is 0.0543. The number of benzene rings is 8. The predicted molar refractivity (Wildman–Crippen MR) is 242 cm³/mol. The predicted octanol–water partition coefficient (Wildman–Crippen LogP) is 15.8. The molecule has 2 heteroatoms. The second-order valence-corrected chi connectivity index (χ2v) is 16.9. The lowest BCUT2D eigenvalue weighted by molar-refractivity contribution is 0.660. The van der Waals surface area contributed by atoms with Crippen LogP contribution in [0.15, 0.2) is 170 Å². The van der Waals surface area contributed by atoms with E-state index in [4.69, 9.17) is 0 Å². The number of fused-ring (bicyclic) bond motifs is 6. The fraction of sp³-hybridized carbons (Fsp3) is 0.111.